The second kappa shape index (κ2) is 7.76. The number of allylic oxidation sites excluding steroid dienone is 1. The zero-order chi connectivity index (χ0) is 15.1. The minimum atomic E-state index is -0.524. The molecule has 3 nitrogen and oxygen atoms in total. The molecule has 2 amide bonds. The van der Waals surface area contributed by atoms with Gasteiger partial charge in [0.05, 0.1) is 0 Å². The number of urea groups is 1. The molecule has 0 heterocycles. The van der Waals surface area contributed by atoms with Crippen molar-refractivity contribution < 1.29 is 13.6 Å². The Morgan fingerprint density at radius 2 is 2.05 bits per heavy atom. The van der Waals surface area contributed by atoms with Gasteiger partial charge in [-0.1, -0.05) is 11.6 Å². The number of amides is 2. The number of hydrogen-bond acceptors (Lipinski definition) is 1. The van der Waals surface area contributed by atoms with Gasteiger partial charge in [0.2, 0.25) is 0 Å². The van der Waals surface area contributed by atoms with Crippen LogP contribution in [0.15, 0.2) is 29.8 Å². The summed E-state index contributed by atoms with van der Waals surface area (Å²) in [5.74, 6) is -1.04. The quantitative estimate of drug-likeness (QED) is 0.800. The lowest BCUT2D eigenvalue weighted by molar-refractivity contribution is 0.240. The van der Waals surface area contributed by atoms with Crippen LogP contribution in [0, 0.1) is 11.6 Å². The molecule has 1 aromatic carbocycles. The topological polar surface area (TPSA) is 41.1 Å². The molecule has 2 N–H and O–H groups in total. The Balaban J connectivity index is 1.69. The molecule has 1 aliphatic carbocycles. The summed E-state index contributed by atoms with van der Waals surface area (Å²) in [6.07, 6.45) is 7.79. The largest absolute Gasteiger partial charge is 0.338 e. The predicted octanol–water partition coefficient (Wildman–Crippen LogP) is 3.65. The van der Waals surface area contributed by atoms with Crippen molar-refractivity contribution in [3.05, 3.63) is 47.0 Å². The number of carbonyl (C=O) groups excluding carboxylic acids is 1. The average molecular weight is 294 g/mol. The second-order valence-corrected chi connectivity index (χ2v) is 5.20. The highest BCUT2D eigenvalue weighted by Gasteiger charge is 2.07. The van der Waals surface area contributed by atoms with Gasteiger partial charge in [-0.05, 0) is 50.3 Å². The smallest absolute Gasteiger partial charge is 0.315 e. The van der Waals surface area contributed by atoms with Crippen LogP contribution in [0.2, 0.25) is 0 Å². The molecule has 2 rings (SSSR count). The van der Waals surface area contributed by atoms with E-state index in [1.807, 2.05) is 0 Å². The average Bonchev–Trinajstić information content (AvgIpc) is 2.49. The van der Waals surface area contributed by atoms with E-state index in [0.717, 1.165) is 37.5 Å². The Bertz CT molecular complexity index is 529. The van der Waals surface area contributed by atoms with Crippen LogP contribution in [0.1, 0.15) is 37.7 Å². The van der Waals surface area contributed by atoms with E-state index in [1.165, 1.54) is 18.4 Å². The Kier molecular flexibility index (Phi) is 5.72. The highest BCUT2D eigenvalue weighted by atomic mass is 19.1. The maximum atomic E-state index is 13.4. The highest BCUT2D eigenvalue weighted by molar-refractivity contribution is 5.73. The van der Waals surface area contributed by atoms with Crippen LogP contribution in [0.25, 0.3) is 0 Å². The Morgan fingerprint density at radius 3 is 2.81 bits per heavy atom. The van der Waals surface area contributed by atoms with E-state index in [-0.39, 0.29) is 18.1 Å². The monoisotopic (exact) mass is 294 g/mol. The molecule has 0 saturated carbocycles. The van der Waals surface area contributed by atoms with Gasteiger partial charge in [-0.25, -0.2) is 13.6 Å². The van der Waals surface area contributed by atoms with Gasteiger partial charge in [0.1, 0.15) is 11.6 Å². The number of benzene rings is 1. The van der Waals surface area contributed by atoms with Crippen molar-refractivity contribution in [3.8, 4) is 0 Å². The molecular weight excluding hydrogens is 274 g/mol. The van der Waals surface area contributed by atoms with Crippen LogP contribution < -0.4 is 10.6 Å². The van der Waals surface area contributed by atoms with E-state index >= 15 is 0 Å². The van der Waals surface area contributed by atoms with Crippen LogP contribution >= 0.6 is 0 Å². The van der Waals surface area contributed by atoms with Crippen LogP contribution in [-0.4, -0.2) is 12.6 Å². The van der Waals surface area contributed by atoms with Crippen molar-refractivity contribution in [1.82, 2.24) is 10.6 Å². The number of halogens is 2. The minimum Gasteiger partial charge on any atom is -0.338 e. The van der Waals surface area contributed by atoms with Crippen LogP contribution in [0.5, 0.6) is 0 Å². The zero-order valence-corrected chi connectivity index (χ0v) is 11.9. The first kappa shape index (κ1) is 15.5. The molecule has 0 atom stereocenters. The van der Waals surface area contributed by atoms with Gasteiger partial charge >= 0.3 is 6.03 Å². The van der Waals surface area contributed by atoms with Gasteiger partial charge in [0.25, 0.3) is 0 Å². The van der Waals surface area contributed by atoms with Gasteiger partial charge < -0.3 is 10.6 Å². The third-order valence-electron chi connectivity index (χ3n) is 3.56. The van der Waals surface area contributed by atoms with Gasteiger partial charge in [0.15, 0.2) is 0 Å². The summed E-state index contributed by atoms with van der Waals surface area (Å²) in [4.78, 5) is 11.6. The fourth-order valence-corrected chi connectivity index (χ4v) is 2.39. The van der Waals surface area contributed by atoms with Crippen LogP contribution in [-0.2, 0) is 6.54 Å². The Hall–Kier alpha value is -1.91. The van der Waals surface area contributed by atoms with E-state index in [0.29, 0.717) is 6.54 Å². The van der Waals surface area contributed by atoms with Gasteiger partial charge in [-0.3, -0.25) is 0 Å². The molecule has 0 radical (unpaired) electrons. The maximum absolute atomic E-state index is 13.4. The summed E-state index contributed by atoms with van der Waals surface area (Å²) in [5, 5.41) is 5.26. The van der Waals surface area contributed by atoms with E-state index < -0.39 is 11.6 Å². The molecule has 1 aromatic rings. The van der Waals surface area contributed by atoms with Crippen molar-refractivity contribution in [2.75, 3.05) is 6.54 Å². The summed E-state index contributed by atoms with van der Waals surface area (Å²) in [6, 6.07) is 2.83. The lowest BCUT2D eigenvalue weighted by atomic mass is 9.97. The van der Waals surface area contributed by atoms with Gasteiger partial charge in [0, 0.05) is 18.7 Å². The molecule has 21 heavy (non-hydrogen) atoms. The van der Waals surface area contributed by atoms with Crippen molar-refractivity contribution in [2.24, 2.45) is 0 Å². The van der Waals surface area contributed by atoms with Crippen molar-refractivity contribution in [1.29, 1.82) is 0 Å². The Labute approximate surface area is 123 Å². The highest BCUT2D eigenvalue weighted by Crippen LogP contribution is 2.19. The van der Waals surface area contributed by atoms with Crippen molar-refractivity contribution in [2.45, 2.75) is 38.6 Å². The summed E-state index contributed by atoms with van der Waals surface area (Å²) >= 11 is 0. The molecule has 114 valence electrons. The minimum absolute atomic E-state index is 0.0296. The van der Waals surface area contributed by atoms with Crippen LogP contribution in [0.3, 0.4) is 0 Å². The van der Waals surface area contributed by atoms with E-state index in [4.69, 9.17) is 0 Å². The Morgan fingerprint density at radius 1 is 1.19 bits per heavy atom. The second-order valence-electron chi connectivity index (χ2n) is 5.20. The summed E-state index contributed by atoms with van der Waals surface area (Å²) in [5.41, 5.74) is 1.53. The summed E-state index contributed by atoms with van der Waals surface area (Å²) in [7, 11) is 0. The molecule has 0 spiro atoms. The van der Waals surface area contributed by atoms with Crippen molar-refractivity contribution >= 4 is 6.03 Å². The third-order valence-corrected chi connectivity index (χ3v) is 3.56. The van der Waals surface area contributed by atoms with Gasteiger partial charge in [-0.15, -0.1) is 0 Å². The SMILES string of the molecule is O=C(NCCC1=CCCCC1)NCc1cc(F)ccc1F. The molecule has 0 bridgehead atoms. The van der Waals surface area contributed by atoms with E-state index in [1.54, 1.807) is 0 Å². The van der Waals surface area contributed by atoms with Crippen LogP contribution in [0.4, 0.5) is 13.6 Å². The first-order chi connectivity index (χ1) is 10.1. The summed E-state index contributed by atoms with van der Waals surface area (Å²) < 4.78 is 26.3. The normalized spacial score (nSPS) is 14.5. The fourth-order valence-electron chi connectivity index (χ4n) is 2.39. The molecule has 1 aliphatic rings. The lowest BCUT2D eigenvalue weighted by Crippen LogP contribution is -2.35. The maximum Gasteiger partial charge on any atom is 0.315 e. The molecule has 0 aliphatic heterocycles. The molecule has 0 aromatic heterocycles. The van der Waals surface area contributed by atoms with E-state index in [2.05, 4.69) is 16.7 Å². The standard InChI is InChI=1S/C16H20F2N2O/c17-14-6-7-15(18)13(10-14)11-20-16(21)19-9-8-12-4-2-1-3-5-12/h4,6-7,10H,1-3,5,8-9,11H2,(H2,19,20,21). The molecule has 0 unspecified atom stereocenters. The molecular formula is C16H20F2N2O. The zero-order valence-electron chi connectivity index (χ0n) is 11.9. The molecule has 0 fully saturated rings. The fraction of sp³-hybridized carbons (Fsp3) is 0.438. The molecule has 0 saturated heterocycles. The first-order valence-corrected chi connectivity index (χ1v) is 7.28. The number of rotatable bonds is 5. The lowest BCUT2D eigenvalue weighted by Gasteiger charge is -2.13. The molecule has 5 heteroatoms. The summed E-state index contributed by atoms with van der Waals surface area (Å²) in [6.45, 7) is 0.529. The van der Waals surface area contributed by atoms with Crippen molar-refractivity contribution in [3.63, 3.8) is 0 Å². The predicted molar refractivity (Wildman–Crippen MR) is 77.8 cm³/mol. The number of hydrogen-bond donors (Lipinski definition) is 2. The third kappa shape index (κ3) is 5.17. The number of carbonyl (C=O) groups is 1. The number of nitrogens with one attached hydrogen (secondary N) is 2. The first-order valence-electron chi connectivity index (χ1n) is 7.28. The van der Waals surface area contributed by atoms with E-state index in [9.17, 15) is 13.6 Å². The van der Waals surface area contributed by atoms with Gasteiger partial charge in [-0.2, -0.15) is 0 Å².